The SMILES string of the molecule is C1CC(c2nn[nH]n2)CCN1.CC.[HH]. The van der Waals surface area contributed by atoms with Crippen LogP contribution in [0, 0.1) is 0 Å². The molecule has 0 atom stereocenters. The minimum absolute atomic E-state index is 0. The highest BCUT2D eigenvalue weighted by molar-refractivity contribution is 4.93. The van der Waals surface area contributed by atoms with Crippen LogP contribution in [0.2, 0.25) is 0 Å². The van der Waals surface area contributed by atoms with E-state index in [0.29, 0.717) is 5.92 Å². The van der Waals surface area contributed by atoms with E-state index in [2.05, 4.69) is 25.9 Å². The summed E-state index contributed by atoms with van der Waals surface area (Å²) in [5.41, 5.74) is 0. The average Bonchev–Trinajstić information content (AvgIpc) is 2.75. The molecule has 2 heterocycles. The first kappa shape index (κ1) is 10.1. The van der Waals surface area contributed by atoms with Crippen LogP contribution < -0.4 is 5.32 Å². The van der Waals surface area contributed by atoms with Crippen LogP contribution in [-0.4, -0.2) is 33.7 Å². The highest BCUT2D eigenvalue weighted by Gasteiger charge is 2.18. The Morgan fingerprint density at radius 1 is 1.31 bits per heavy atom. The van der Waals surface area contributed by atoms with Crippen LogP contribution in [0.1, 0.15) is 39.9 Å². The molecule has 0 saturated carbocycles. The molecule has 1 saturated heterocycles. The van der Waals surface area contributed by atoms with Gasteiger partial charge in [0.1, 0.15) is 0 Å². The predicted octanol–water partition coefficient (Wildman–Crippen LogP) is 0.939. The lowest BCUT2D eigenvalue weighted by Gasteiger charge is -2.18. The van der Waals surface area contributed by atoms with E-state index in [4.69, 9.17) is 0 Å². The Balaban J connectivity index is 0.000000531. The fourth-order valence-corrected chi connectivity index (χ4v) is 1.42. The number of aromatic amines is 1. The van der Waals surface area contributed by atoms with Crippen molar-refractivity contribution in [3.63, 3.8) is 0 Å². The van der Waals surface area contributed by atoms with E-state index in [-0.39, 0.29) is 1.43 Å². The van der Waals surface area contributed by atoms with Gasteiger partial charge in [-0.15, -0.1) is 10.2 Å². The summed E-state index contributed by atoms with van der Waals surface area (Å²) in [6, 6.07) is 0. The van der Waals surface area contributed by atoms with Crippen molar-refractivity contribution >= 4 is 0 Å². The van der Waals surface area contributed by atoms with Crippen LogP contribution in [-0.2, 0) is 0 Å². The molecule has 2 rings (SSSR count). The summed E-state index contributed by atoms with van der Waals surface area (Å²) in [6.07, 6.45) is 2.25. The van der Waals surface area contributed by atoms with Gasteiger partial charge in [-0.25, -0.2) is 0 Å². The number of nitrogens with zero attached hydrogens (tertiary/aromatic N) is 3. The van der Waals surface area contributed by atoms with E-state index in [0.717, 1.165) is 31.8 Å². The van der Waals surface area contributed by atoms with E-state index in [9.17, 15) is 0 Å². The van der Waals surface area contributed by atoms with Crippen molar-refractivity contribution in [2.75, 3.05) is 13.1 Å². The van der Waals surface area contributed by atoms with Gasteiger partial charge in [-0.3, -0.25) is 0 Å². The molecule has 76 valence electrons. The lowest BCUT2D eigenvalue weighted by Crippen LogP contribution is -2.27. The highest BCUT2D eigenvalue weighted by Crippen LogP contribution is 2.20. The first-order valence-corrected chi connectivity index (χ1v) is 4.91. The second kappa shape index (κ2) is 5.64. The summed E-state index contributed by atoms with van der Waals surface area (Å²) >= 11 is 0. The molecule has 13 heavy (non-hydrogen) atoms. The maximum Gasteiger partial charge on any atom is 0.177 e. The van der Waals surface area contributed by atoms with E-state index < -0.39 is 0 Å². The second-order valence-electron chi connectivity index (χ2n) is 2.79. The molecular weight excluding hydrogens is 166 g/mol. The summed E-state index contributed by atoms with van der Waals surface area (Å²) in [4.78, 5) is 0. The monoisotopic (exact) mass is 185 g/mol. The number of rotatable bonds is 1. The molecule has 5 heteroatoms. The van der Waals surface area contributed by atoms with Gasteiger partial charge in [0, 0.05) is 7.34 Å². The van der Waals surface area contributed by atoms with Crippen molar-refractivity contribution in [2.24, 2.45) is 0 Å². The highest BCUT2D eigenvalue weighted by atomic mass is 15.5. The van der Waals surface area contributed by atoms with Gasteiger partial charge in [-0.2, -0.15) is 5.21 Å². The van der Waals surface area contributed by atoms with E-state index in [1.165, 1.54) is 0 Å². The van der Waals surface area contributed by atoms with Crippen molar-refractivity contribution in [1.82, 2.24) is 25.9 Å². The summed E-state index contributed by atoms with van der Waals surface area (Å²) in [5, 5.41) is 17.2. The molecule has 1 aliphatic rings. The van der Waals surface area contributed by atoms with Gasteiger partial charge < -0.3 is 5.32 Å². The van der Waals surface area contributed by atoms with Gasteiger partial charge >= 0.3 is 0 Å². The van der Waals surface area contributed by atoms with Gasteiger partial charge in [-0.05, 0) is 25.9 Å². The number of hydrogen-bond donors (Lipinski definition) is 2. The third kappa shape index (κ3) is 2.77. The number of piperidine rings is 1. The lowest BCUT2D eigenvalue weighted by molar-refractivity contribution is 0.445. The largest absolute Gasteiger partial charge is 0.317 e. The number of tetrazole rings is 1. The summed E-state index contributed by atoms with van der Waals surface area (Å²) in [7, 11) is 0. The lowest BCUT2D eigenvalue weighted by atomic mass is 9.98. The number of hydrogen-bond acceptors (Lipinski definition) is 4. The second-order valence-corrected chi connectivity index (χ2v) is 2.79. The minimum Gasteiger partial charge on any atom is -0.317 e. The molecule has 1 aliphatic heterocycles. The normalized spacial score (nSPS) is 17.7. The molecular formula is C8H19N5. The molecule has 1 aromatic rings. The molecule has 5 nitrogen and oxygen atoms in total. The molecule has 0 unspecified atom stereocenters. The van der Waals surface area contributed by atoms with Gasteiger partial charge in [0.15, 0.2) is 5.82 Å². The molecule has 0 amide bonds. The Labute approximate surface area is 79.8 Å². The van der Waals surface area contributed by atoms with Crippen molar-refractivity contribution in [1.29, 1.82) is 0 Å². The van der Waals surface area contributed by atoms with Crippen LogP contribution in [0.3, 0.4) is 0 Å². The summed E-state index contributed by atoms with van der Waals surface area (Å²) in [5.74, 6) is 1.38. The zero-order chi connectivity index (χ0) is 9.52. The molecule has 0 aliphatic carbocycles. The first-order valence-electron chi connectivity index (χ1n) is 4.91. The van der Waals surface area contributed by atoms with Crippen LogP contribution >= 0.6 is 0 Å². The standard InChI is InChI=1S/C6H11N5.C2H6.H2/c1-3-7-4-2-5(1)6-8-10-11-9-6;1-2;/h5,7H,1-4H2,(H,8,9,10,11);1-2H3;1H. The van der Waals surface area contributed by atoms with Gasteiger partial charge in [0.25, 0.3) is 0 Å². The Morgan fingerprint density at radius 2 is 2.00 bits per heavy atom. The maximum atomic E-state index is 3.96. The smallest absolute Gasteiger partial charge is 0.177 e. The third-order valence-corrected chi connectivity index (χ3v) is 2.07. The molecule has 1 aromatic heterocycles. The number of nitrogens with one attached hydrogen (secondary N) is 2. The van der Waals surface area contributed by atoms with Gasteiger partial charge in [0.05, 0.1) is 0 Å². The Morgan fingerprint density at radius 3 is 2.54 bits per heavy atom. The molecule has 2 N–H and O–H groups in total. The fourth-order valence-electron chi connectivity index (χ4n) is 1.42. The van der Waals surface area contributed by atoms with Crippen molar-refractivity contribution in [3.05, 3.63) is 5.82 Å². The van der Waals surface area contributed by atoms with Gasteiger partial charge in [0.2, 0.25) is 0 Å². The van der Waals surface area contributed by atoms with Crippen LogP contribution in [0.25, 0.3) is 0 Å². The Kier molecular flexibility index (Phi) is 4.39. The van der Waals surface area contributed by atoms with Crippen molar-refractivity contribution < 1.29 is 1.43 Å². The zero-order valence-electron chi connectivity index (χ0n) is 8.25. The number of aromatic nitrogens is 4. The van der Waals surface area contributed by atoms with Crippen molar-refractivity contribution in [3.8, 4) is 0 Å². The van der Waals surface area contributed by atoms with Crippen molar-refractivity contribution in [2.45, 2.75) is 32.6 Å². The average molecular weight is 185 g/mol. The Bertz CT molecular complexity index is 208. The van der Waals surface area contributed by atoms with E-state index >= 15 is 0 Å². The minimum atomic E-state index is 0. The van der Waals surface area contributed by atoms with Gasteiger partial charge in [-0.1, -0.05) is 19.1 Å². The molecule has 0 radical (unpaired) electrons. The quantitative estimate of drug-likeness (QED) is 0.683. The van der Waals surface area contributed by atoms with E-state index in [1.54, 1.807) is 0 Å². The molecule has 0 spiro atoms. The number of H-pyrrole nitrogens is 1. The predicted molar refractivity (Wildman–Crippen MR) is 52.5 cm³/mol. The van der Waals surface area contributed by atoms with Crippen LogP contribution in [0.15, 0.2) is 0 Å². The van der Waals surface area contributed by atoms with Crippen LogP contribution in [0.4, 0.5) is 0 Å². The summed E-state index contributed by atoms with van der Waals surface area (Å²) < 4.78 is 0. The third-order valence-electron chi connectivity index (χ3n) is 2.07. The van der Waals surface area contributed by atoms with E-state index in [1.807, 2.05) is 13.8 Å². The zero-order valence-corrected chi connectivity index (χ0v) is 8.25. The molecule has 0 bridgehead atoms. The summed E-state index contributed by atoms with van der Waals surface area (Å²) in [6.45, 7) is 6.14. The maximum absolute atomic E-state index is 3.96. The fraction of sp³-hybridized carbons (Fsp3) is 0.875. The van der Waals surface area contributed by atoms with Crippen LogP contribution in [0.5, 0.6) is 0 Å². The molecule has 1 fully saturated rings. The Hall–Kier alpha value is -0.970. The molecule has 0 aromatic carbocycles. The topological polar surface area (TPSA) is 66.5 Å². The first-order chi connectivity index (χ1) is 6.47.